The van der Waals surface area contributed by atoms with Gasteiger partial charge < -0.3 is 19.7 Å². The molecule has 1 aliphatic carbocycles. The number of nitrogens with one attached hydrogen (secondary N) is 1. The van der Waals surface area contributed by atoms with Gasteiger partial charge in [-0.25, -0.2) is 23.5 Å². The van der Waals surface area contributed by atoms with Crippen LogP contribution in [0.15, 0.2) is 72.8 Å². The van der Waals surface area contributed by atoms with Gasteiger partial charge in [0.25, 0.3) is 0 Å². The average Bonchev–Trinajstić information content (AvgIpc) is 3.21. The summed E-state index contributed by atoms with van der Waals surface area (Å²) in [5.74, 6) is -0.913. The Morgan fingerprint density at radius 2 is 1.42 bits per heavy atom. The van der Waals surface area contributed by atoms with E-state index >= 15 is 0 Å². The fourth-order valence-corrected chi connectivity index (χ4v) is 6.00. The zero-order chi connectivity index (χ0) is 27.4. The molecule has 0 spiro atoms. The second-order valence-electron chi connectivity index (χ2n) is 9.49. The van der Waals surface area contributed by atoms with Gasteiger partial charge in [-0.15, -0.1) is 0 Å². The molecule has 4 rings (SSSR count). The molecule has 0 aliphatic heterocycles. The Balaban J connectivity index is 1.38. The van der Waals surface area contributed by atoms with E-state index in [1.807, 2.05) is 48.5 Å². The van der Waals surface area contributed by atoms with Crippen LogP contribution in [0.1, 0.15) is 22.6 Å². The highest BCUT2D eigenvalue weighted by atomic mass is 31.2. The summed E-state index contributed by atoms with van der Waals surface area (Å²) in [4.78, 5) is 24.5. The van der Waals surface area contributed by atoms with E-state index in [4.69, 9.17) is 9.26 Å². The van der Waals surface area contributed by atoms with Crippen molar-refractivity contribution in [2.75, 3.05) is 34.8 Å². The molecule has 1 atom stereocenters. The highest BCUT2D eigenvalue weighted by Gasteiger charge is 2.32. The molecule has 0 aromatic heterocycles. The maximum atomic E-state index is 13.0. The number of benzene rings is 3. The number of carboxylic acids is 1. The van der Waals surface area contributed by atoms with E-state index in [0.29, 0.717) is 11.3 Å². The van der Waals surface area contributed by atoms with Crippen molar-refractivity contribution >= 4 is 19.7 Å². The average molecular weight is 538 g/mol. The number of rotatable bonds is 10. The molecule has 0 heterocycles. The number of carboxylic acid groups (broad SMARTS) is 1. The number of amides is 1. The van der Waals surface area contributed by atoms with Crippen molar-refractivity contribution in [2.24, 2.45) is 0 Å². The van der Waals surface area contributed by atoms with E-state index in [-0.39, 0.29) is 18.9 Å². The first-order valence-electron chi connectivity index (χ1n) is 12.2. The molecule has 0 saturated heterocycles. The van der Waals surface area contributed by atoms with Gasteiger partial charge in [-0.1, -0.05) is 60.7 Å². The molecule has 0 saturated carbocycles. The van der Waals surface area contributed by atoms with Crippen molar-refractivity contribution in [3.8, 4) is 16.9 Å². The fourth-order valence-electron chi connectivity index (χ4n) is 4.56. The summed E-state index contributed by atoms with van der Waals surface area (Å²) in [5, 5.41) is 12.2. The van der Waals surface area contributed by atoms with Crippen LogP contribution in [-0.4, -0.2) is 67.3 Å². The zero-order valence-corrected chi connectivity index (χ0v) is 22.7. The molecule has 0 fully saturated rings. The van der Waals surface area contributed by atoms with Crippen molar-refractivity contribution in [3.05, 3.63) is 89.5 Å². The molecule has 1 aliphatic rings. The van der Waals surface area contributed by atoms with Gasteiger partial charge in [0.15, 0.2) is 0 Å². The van der Waals surface area contributed by atoms with E-state index in [9.17, 15) is 19.3 Å². The van der Waals surface area contributed by atoms with E-state index in [1.165, 1.54) is 9.34 Å². The van der Waals surface area contributed by atoms with E-state index < -0.39 is 25.8 Å². The summed E-state index contributed by atoms with van der Waals surface area (Å²) in [7, 11) is 3.45. The lowest BCUT2D eigenvalue weighted by atomic mass is 9.98. The maximum absolute atomic E-state index is 13.0. The molecule has 1 unspecified atom stereocenters. The van der Waals surface area contributed by atoms with Crippen molar-refractivity contribution in [3.63, 3.8) is 0 Å². The summed E-state index contributed by atoms with van der Waals surface area (Å²) in [6.07, 6.45) is -0.754. The summed E-state index contributed by atoms with van der Waals surface area (Å²) < 4.78 is 27.3. The number of fused-ring (bicyclic) bond motifs is 3. The largest absolute Gasteiger partial charge is 0.480 e. The van der Waals surface area contributed by atoms with Gasteiger partial charge in [0, 0.05) is 12.3 Å². The minimum Gasteiger partial charge on any atom is -0.480 e. The molecule has 2 N–H and O–H groups in total. The van der Waals surface area contributed by atoms with Crippen LogP contribution in [0.2, 0.25) is 0 Å². The van der Waals surface area contributed by atoms with Gasteiger partial charge in [0.05, 0.1) is 0 Å². The van der Waals surface area contributed by atoms with E-state index in [0.717, 1.165) is 22.3 Å². The van der Waals surface area contributed by atoms with Crippen molar-refractivity contribution in [1.29, 1.82) is 0 Å². The molecule has 10 heteroatoms. The first-order chi connectivity index (χ1) is 18.1. The molecule has 9 nitrogen and oxygen atoms in total. The highest BCUT2D eigenvalue weighted by molar-refractivity contribution is 7.54. The number of ether oxygens (including phenoxy) is 1. The van der Waals surface area contributed by atoms with E-state index in [2.05, 4.69) is 5.32 Å². The molecule has 38 heavy (non-hydrogen) atoms. The zero-order valence-electron chi connectivity index (χ0n) is 21.8. The fraction of sp³-hybridized carbons (Fsp3) is 0.286. The van der Waals surface area contributed by atoms with Gasteiger partial charge in [-0.05, 0) is 68.1 Å². The first-order valence-corrected chi connectivity index (χ1v) is 13.7. The number of alkyl carbamates (subject to hydrolysis) is 1. The minimum absolute atomic E-state index is 0.0405. The van der Waals surface area contributed by atoms with Gasteiger partial charge in [0.1, 0.15) is 18.4 Å². The van der Waals surface area contributed by atoms with Gasteiger partial charge in [-0.3, -0.25) is 0 Å². The third-order valence-electron chi connectivity index (χ3n) is 6.53. The van der Waals surface area contributed by atoms with Crippen LogP contribution in [0, 0.1) is 0 Å². The van der Waals surface area contributed by atoms with Crippen LogP contribution >= 0.6 is 7.67 Å². The number of nitrogens with zero attached hydrogens (tertiary/aromatic N) is 2. The quantitative estimate of drug-likeness (QED) is 0.354. The van der Waals surface area contributed by atoms with Gasteiger partial charge in [-0.2, -0.15) is 0 Å². The molecule has 3 aromatic carbocycles. The molecular weight excluding hydrogens is 505 g/mol. The lowest BCUT2D eigenvalue weighted by Crippen LogP contribution is -2.42. The van der Waals surface area contributed by atoms with Crippen LogP contribution < -0.4 is 9.84 Å². The Bertz CT molecular complexity index is 1300. The van der Waals surface area contributed by atoms with E-state index in [1.54, 1.807) is 52.5 Å². The van der Waals surface area contributed by atoms with Crippen molar-refractivity contribution in [2.45, 2.75) is 18.4 Å². The number of carbonyl (C=O) groups is 2. The smallest absolute Gasteiger partial charge is 0.407 e. The predicted molar refractivity (Wildman–Crippen MR) is 145 cm³/mol. The maximum Gasteiger partial charge on any atom is 0.407 e. The number of carbonyl (C=O) groups excluding carboxylic acids is 1. The number of hydrogen-bond donors (Lipinski definition) is 2. The van der Waals surface area contributed by atoms with Gasteiger partial charge in [0.2, 0.25) is 0 Å². The Hall–Kier alpha value is -3.65. The molecule has 0 radical (unpaired) electrons. The molecule has 200 valence electrons. The Labute approximate surface area is 222 Å². The summed E-state index contributed by atoms with van der Waals surface area (Å²) in [6.45, 7) is 0.0933. The van der Waals surface area contributed by atoms with Gasteiger partial charge >= 0.3 is 19.7 Å². The standard InChI is InChI=1S/C28H32N3O6P/c1-30(2)38(35,31(3)4)37-20-15-13-19(14-16-20)17-26(27(32)33)29-28(34)36-18-25-23-11-7-5-9-21(23)22-10-6-8-12-24(22)25/h5-16,25-26H,17-18H2,1-4H3,(H,29,34)(H,32,33). The summed E-state index contributed by atoms with van der Waals surface area (Å²) in [6, 6.07) is 21.4. The lowest BCUT2D eigenvalue weighted by molar-refractivity contribution is -0.139. The van der Waals surface area contributed by atoms with Crippen molar-refractivity contribution < 1.29 is 28.5 Å². The Morgan fingerprint density at radius 3 is 1.92 bits per heavy atom. The van der Waals surface area contributed by atoms with Crippen LogP contribution in [-0.2, 0) is 20.5 Å². The molecule has 0 bridgehead atoms. The normalized spacial score (nSPS) is 13.6. The summed E-state index contributed by atoms with van der Waals surface area (Å²) >= 11 is 0. The van der Waals surface area contributed by atoms with Crippen LogP contribution in [0.25, 0.3) is 11.1 Å². The van der Waals surface area contributed by atoms with Crippen LogP contribution in [0.4, 0.5) is 4.79 Å². The molecule has 1 amide bonds. The Kier molecular flexibility index (Phi) is 8.21. The van der Waals surface area contributed by atoms with Crippen LogP contribution in [0.5, 0.6) is 5.75 Å². The molecule has 3 aromatic rings. The monoisotopic (exact) mass is 537 g/mol. The molecular formula is C28H32N3O6P. The number of hydrogen-bond acceptors (Lipinski definition) is 5. The number of aliphatic carboxylic acids is 1. The minimum atomic E-state index is -3.22. The predicted octanol–water partition coefficient (Wildman–Crippen LogP) is 4.83. The van der Waals surface area contributed by atoms with Crippen molar-refractivity contribution in [1.82, 2.24) is 14.7 Å². The summed E-state index contributed by atoms with van der Waals surface area (Å²) in [5.41, 5.74) is 5.03. The topological polar surface area (TPSA) is 108 Å². The third kappa shape index (κ3) is 5.75. The second-order valence-corrected chi connectivity index (χ2v) is 12.2. The SMILES string of the molecule is CN(C)P(=O)(Oc1ccc(CC(NC(=O)OCC2c3ccccc3-c3ccccc32)C(=O)O)cc1)N(C)C. The lowest BCUT2D eigenvalue weighted by Gasteiger charge is -2.29. The Morgan fingerprint density at radius 1 is 0.895 bits per heavy atom. The first kappa shape index (κ1) is 27.4. The highest BCUT2D eigenvalue weighted by Crippen LogP contribution is 2.50. The third-order valence-corrected chi connectivity index (χ3v) is 9.00. The van der Waals surface area contributed by atoms with Crippen LogP contribution in [0.3, 0.4) is 0 Å². The second kappa shape index (κ2) is 11.4.